The number of benzene rings is 2. The van der Waals surface area contributed by atoms with E-state index < -0.39 is 22.4 Å². The van der Waals surface area contributed by atoms with E-state index in [1.54, 1.807) is 42.5 Å². The summed E-state index contributed by atoms with van der Waals surface area (Å²) in [5, 5.41) is 11.4. The molecule has 0 amide bonds. The Labute approximate surface area is 151 Å². The van der Waals surface area contributed by atoms with Crippen LogP contribution in [-0.2, 0) is 0 Å². The number of nitrogens with zero attached hydrogens (tertiary/aromatic N) is 2. The van der Waals surface area contributed by atoms with Crippen molar-refractivity contribution in [2.24, 2.45) is 0 Å². The molecule has 0 unspecified atom stereocenters. The molecule has 2 aromatic carbocycles. The highest BCUT2D eigenvalue weighted by atomic mass is 16.5. The molecule has 0 atom stereocenters. The van der Waals surface area contributed by atoms with E-state index >= 15 is 0 Å². The molecule has 2 heterocycles. The highest BCUT2D eigenvalue weighted by Gasteiger charge is 2.17. The average molecular weight is 362 g/mol. The zero-order valence-electron chi connectivity index (χ0n) is 14.2. The maximum Gasteiger partial charge on any atom is 0.340 e. The van der Waals surface area contributed by atoms with Crippen LogP contribution in [0.3, 0.4) is 0 Å². The van der Waals surface area contributed by atoms with E-state index in [0.717, 1.165) is 8.97 Å². The lowest BCUT2D eigenvalue weighted by atomic mass is 10.2. The van der Waals surface area contributed by atoms with Crippen molar-refractivity contribution in [2.75, 3.05) is 7.11 Å². The predicted octanol–water partition coefficient (Wildman–Crippen LogP) is 1.68. The maximum absolute atomic E-state index is 13.0. The van der Waals surface area contributed by atoms with E-state index in [0.29, 0.717) is 16.5 Å². The number of methoxy groups -OCH3 is 1. The molecule has 0 saturated heterocycles. The first-order chi connectivity index (χ1) is 13.0. The van der Waals surface area contributed by atoms with Crippen molar-refractivity contribution in [3.63, 3.8) is 0 Å². The number of rotatable bonds is 2. The highest BCUT2D eigenvalue weighted by molar-refractivity contribution is 5.85. The van der Waals surface area contributed by atoms with Crippen molar-refractivity contribution in [2.45, 2.75) is 0 Å². The van der Waals surface area contributed by atoms with Crippen LogP contribution in [0.25, 0.3) is 22.0 Å². The van der Waals surface area contributed by atoms with Crippen LogP contribution in [0.1, 0.15) is 0 Å². The van der Waals surface area contributed by atoms with E-state index in [1.807, 2.05) is 0 Å². The van der Waals surface area contributed by atoms with Crippen molar-refractivity contribution in [3.05, 3.63) is 91.9 Å². The first kappa shape index (κ1) is 16.6. The molecule has 0 aliphatic rings. The van der Waals surface area contributed by atoms with E-state index in [9.17, 15) is 19.5 Å². The first-order valence-electron chi connectivity index (χ1n) is 8.10. The Hall–Kier alpha value is -3.87. The van der Waals surface area contributed by atoms with Crippen molar-refractivity contribution in [1.82, 2.24) is 8.97 Å². The summed E-state index contributed by atoms with van der Waals surface area (Å²) < 4.78 is 6.87. The summed E-state index contributed by atoms with van der Waals surface area (Å²) in [4.78, 5) is 38.5. The quantitative estimate of drug-likeness (QED) is 0.586. The lowest BCUT2D eigenvalue weighted by Crippen LogP contribution is -2.36. The molecule has 1 N–H and O–H groups in total. The summed E-state index contributed by atoms with van der Waals surface area (Å²) in [5.74, 6) is -0.229. The zero-order chi connectivity index (χ0) is 19.1. The second-order valence-electron chi connectivity index (χ2n) is 5.92. The molecule has 0 bridgehead atoms. The number of ether oxygens (including phenoxy) is 1. The third-order valence-corrected chi connectivity index (χ3v) is 4.42. The van der Waals surface area contributed by atoms with E-state index in [1.165, 1.54) is 25.4 Å². The van der Waals surface area contributed by atoms with Gasteiger partial charge in [0.2, 0.25) is 11.2 Å². The minimum Gasteiger partial charge on any atom is -0.501 e. The summed E-state index contributed by atoms with van der Waals surface area (Å²) in [7, 11) is 1.50. The molecule has 7 nitrogen and oxygen atoms in total. The second-order valence-corrected chi connectivity index (χ2v) is 5.92. The van der Waals surface area contributed by atoms with Crippen molar-refractivity contribution in [1.29, 1.82) is 0 Å². The molecule has 0 aliphatic carbocycles. The van der Waals surface area contributed by atoms with Gasteiger partial charge in [0.15, 0.2) is 0 Å². The Morgan fingerprint density at radius 3 is 2.33 bits per heavy atom. The fourth-order valence-corrected chi connectivity index (χ4v) is 3.06. The van der Waals surface area contributed by atoms with Gasteiger partial charge in [0.25, 0.3) is 0 Å². The standard InChI is InChI=1S/C20H14N2O5/c1-27-14-8-6-13(7-9-14)22-19(25)18(24)16-17(23)15-5-3-2-4-12(15)10-11-21(16)20(22)26/h2-11,24H,1H3. The van der Waals surface area contributed by atoms with Crippen LogP contribution >= 0.6 is 0 Å². The Balaban J connectivity index is 2.18. The second kappa shape index (κ2) is 6.14. The van der Waals surface area contributed by atoms with E-state index in [2.05, 4.69) is 0 Å². The van der Waals surface area contributed by atoms with Gasteiger partial charge >= 0.3 is 11.2 Å². The largest absolute Gasteiger partial charge is 0.501 e. The van der Waals surface area contributed by atoms with Crippen LogP contribution in [0, 0.1) is 0 Å². The van der Waals surface area contributed by atoms with Gasteiger partial charge in [0.1, 0.15) is 11.3 Å². The molecule has 0 saturated carbocycles. The molecule has 0 spiro atoms. The van der Waals surface area contributed by atoms with Crippen molar-refractivity contribution >= 4 is 16.3 Å². The fourth-order valence-electron chi connectivity index (χ4n) is 3.06. The summed E-state index contributed by atoms with van der Waals surface area (Å²) in [6, 6.07) is 14.5. The lowest BCUT2D eigenvalue weighted by Gasteiger charge is -2.08. The van der Waals surface area contributed by atoms with Gasteiger partial charge in [-0.05, 0) is 35.7 Å². The molecule has 4 rings (SSSR count). The number of hydrogen-bond donors (Lipinski definition) is 1. The summed E-state index contributed by atoms with van der Waals surface area (Å²) in [6.07, 6.45) is 1.38. The van der Waals surface area contributed by atoms with Gasteiger partial charge < -0.3 is 9.84 Å². The smallest absolute Gasteiger partial charge is 0.340 e. The number of aromatic nitrogens is 2. The van der Waals surface area contributed by atoms with Crippen molar-refractivity contribution < 1.29 is 9.84 Å². The van der Waals surface area contributed by atoms with Gasteiger partial charge in [-0.2, -0.15) is 0 Å². The maximum atomic E-state index is 13.0. The predicted molar refractivity (Wildman–Crippen MR) is 101 cm³/mol. The molecule has 4 aromatic rings. The Morgan fingerprint density at radius 2 is 1.63 bits per heavy atom. The Morgan fingerprint density at radius 1 is 0.926 bits per heavy atom. The van der Waals surface area contributed by atoms with Crippen LogP contribution in [-0.4, -0.2) is 21.2 Å². The minimum atomic E-state index is -0.961. The minimum absolute atomic E-state index is 0.249. The van der Waals surface area contributed by atoms with E-state index in [-0.39, 0.29) is 11.2 Å². The molecular formula is C20H14N2O5. The third-order valence-electron chi connectivity index (χ3n) is 4.42. The summed E-state index contributed by atoms with van der Waals surface area (Å²) >= 11 is 0. The van der Waals surface area contributed by atoms with Gasteiger partial charge in [0, 0.05) is 11.6 Å². The zero-order valence-corrected chi connectivity index (χ0v) is 14.2. The lowest BCUT2D eigenvalue weighted by molar-refractivity contribution is 0.414. The van der Waals surface area contributed by atoms with Gasteiger partial charge in [-0.25, -0.2) is 9.36 Å². The van der Waals surface area contributed by atoms with Gasteiger partial charge in [-0.3, -0.25) is 14.0 Å². The van der Waals surface area contributed by atoms with Crippen LogP contribution in [0.2, 0.25) is 0 Å². The van der Waals surface area contributed by atoms with Crippen LogP contribution < -0.4 is 21.4 Å². The fraction of sp³-hybridized carbons (Fsp3) is 0.0500. The van der Waals surface area contributed by atoms with Gasteiger partial charge in [-0.1, -0.05) is 24.3 Å². The Bertz CT molecular complexity index is 1370. The average Bonchev–Trinajstić information content (AvgIpc) is 2.84. The van der Waals surface area contributed by atoms with Crippen LogP contribution in [0.15, 0.2) is 75.2 Å². The van der Waals surface area contributed by atoms with Crippen molar-refractivity contribution in [3.8, 4) is 17.2 Å². The number of aromatic hydroxyl groups is 1. The molecule has 0 radical (unpaired) electrons. The normalized spacial score (nSPS) is 11.0. The molecule has 134 valence electrons. The topological polar surface area (TPSA) is 90.0 Å². The Kier molecular flexibility index (Phi) is 3.77. The number of fused-ring (bicyclic) bond motifs is 2. The molecule has 27 heavy (non-hydrogen) atoms. The SMILES string of the molecule is COc1ccc(-n2c(=O)c(O)c3c(=O)c4ccccc4ccn3c2=O)cc1. The van der Waals surface area contributed by atoms with Gasteiger partial charge in [0.05, 0.1) is 12.8 Å². The summed E-state index contributed by atoms with van der Waals surface area (Å²) in [5.41, 5.74) is -2.41. The molecular weight excluding hydrogens is 348 g/mol. The van der Waals surface area contributed by atoms with Crippen LogP contribution in [0.4, 0.5) is 0 Å². The van der Waals surface area contributed by atoms with Gasteiger partial charge in [-0.15, -0.1) is 0 Å². The molecule has 0 fully saturated rings. The van der Waals surface area contributed by atoms with Crippen LogP contribution in [0.5, 0.6) is 11.5 Å². The summed E-state index contributed by atoms with van der Waals surface area (Å²) in [6.45, 7) is 0. The first-order valence-corrected chi connectivity index (χ1v) is 8.10. The highest BCUT2D eigenvalue weighted by Crippen LogP contribution is 2.16. The molecule has 7 heteroatoms. The molecule has 0 aliphatic heterocycles. The van der Waals surface area contributed by atoms with E-state index in [4.69, 9.17) is 4.74 Å². The number of hydrogen-bond acceptors (Lipinski definition) is 5. The third kappa shape index (κ3) is 2.48. The monoisotopic (exact) mass is 362 g/mol. The molecule has 2 aromatic heterocycles.